The van der Waals surface area contributed by atoms with E-state index in [1.165, 1.54) is 33.4 Å². The van der Waals surface area contributed by atoms with Crippen LogP contribution in [0.5, 0.6) is 0 Å². The Bertz CT molecular complexity index is 953. The van der Waals surface area contributed by atoms with Crippen molar-refractivity contribution in [2.24, 2.45) is 5.92 Å². The number of thiophene rings is 1. The van der Waals surface area contributed by atoms with Crippen molar-refractivity contribution >= 4 is 27.3 Å². The molecule has 2 fully saturated rings. The summed E-state index contributed by atoms with van der Waals surface area (Å²) in [5.41, 5.74) is 1.24. The van der Waals surface area contributed by atoms with Gasteiger partial charge in [-0.2, -0.15) is 0 Å². The van der Waals surface area contributed by atoms with Gasteiger partial charge in [0.2, 0.25) is 5.91 Å². The van der Waals surface area contributed by atoms with Crippen LogP contribution in [-0.2, 0) is 11.3 Å². The maximum atomic E-state index is 12.2. The molecule has 1 atom stereocenters. The molecule has 3 heterocycles. The van der Waals surface area contributed by atoms with Gasteiger partial charge in [0.05, 0.1) is 0 Å². The highest BCUT2D eigenvalue weighted by Crippen LogP contribution is 2.38. The lowest BCUT2D eigenvalue weighted by molar-refractivity contribution is -0.128. The van der Waals surface area contributed by atoms with Gasteiger partial charge in [-0.25, -0.2) is 4.98 Å². The first-order valence-electron chi connectivity index (χ1n) is 9.00. The van der Waals surface area contributed by atoms with Crippen LogP contribution in [0.15, 0.2) is 36.7 Å². The Morgan fingerprint density at radius 1 is 1.28 bits per heavy atom. The minimum atomic E-state index is 0.339. The van der Waals surface area contributed by atoms with E-state index in [0.717, 1.165) is 18.9 Å². The molecule has 0 bridgehead atoms. The van der Waals surface area contributed by atoms with Crippen LogP contribution in [-0.4, -0.2) is 32.9 Å². The Hall–Kier alpha value is -2.14. The van der Waals surface area contributed by atoms with Crippen molar-refractivity contribution < 1.29 is 4.79 Å². The highest BCUT2D eigenvalue weighted by atomic mass is 32.1. The van der Waals surface area contributed by atoms with Gasteiger partial charge in [-0.1, -0.05) is 18.2 Å². The smallest absolute Gasteiger partial charge is 0.223 e. The summed E-state index contributed by atoms with van der Waals surface area (Å²) >= 11 is 1.83. The van der Waals surface area contributed by atoms with E-state index in [2.05, 4.69) is 51.8 Å². The maximum absolute atomic E-state index is 12.2. The van der Waals surface area contributed by atoms with Gasteiger partial charge in [-0.15, -0.1) is 11.3 Å². The number of imidazole rings is 1. The van der Waals surface area contributed by atoms with Crippen molar-refractivity contribution in [3.8, 4) is 11.4 Å². The van der Waals surface area contributed by atoms with Crippen molar-refractivity contribution in [2.75, 3.05) is 6.54 Å². The zero-order chi connectivity index (χ0) is 17.0. The number of carbonyl (C=O) groups is 1. The molecule has 128 valence electrons. The van der Waals surface area contributed by atoms with Crippen LogP contribution in [0.25, 0.3) is 21.5 Å². The van der Waals surface area contributed by atoms with Crippen LogP contribution in [0.1, 0.15) is 24.1 Å². The Morgan fingerprint density at radius 2 is 2.12 bits per heavy atom. The Balaban J connectivity index is 1.46. The molecule has 0 radical (unpaired) electrons. The Labute approximate surface area is 151 Å². The Kier molecular flexibility index (Phi) is 3.45. The Morgan fingerprint density at radius 3 is 2.96 bits per heavy atom. The first-order valence-corrected chi connectivity index (χ1v) is 9.81. The fourth-order valence-corrected chi connectivity index (χ4v) is 5.14. The summed E-state index contributed by atoms with van der Waals surface area (Å²) in [5.74, 6) is 1.77. The molecule has 2 aromatic heterocycles. The highest BCUT2D eigenvalue weighted by Gasteiger charge is 2.39. The predicted octanol–water partition coefficient (Wildman–Crippen LogP) is 4.08. The number of hydrogen-bond acceptors (Lipinski definition) is 3. The minimum Gasteiger partial charge on any atom is -0.339 e. The number of carbonyl (C=O) groups excluding carboxylic acids is 1. The van der Waals surface area contributed by atoms with Gasteiger partial charge < -0.3 is 9.47 Å². The first kappa shape index (κ1) is 15.1. The lowest BCUT2D eigenvalue weighted by atomic mass is 10.1. The summed E-state index contributed by atoms with van der Waals surface area (Å²) in [6, 6.07) is 9.07. The number of aromatic nitrogens is 2. The summed E-state index contributed by atoms with van der Waals surface area (Å²) in [4.78, 5) is 20.3. The fraction of sp³-hybridized carbons (Fsp3) is 0.400. The minimum absolute atomic E-state index is 0.339. The van der Waals surface area contributed by atoms with Gasteiger partial charge in [0.1, 0.15) is 5.82 Å². The fourth-order valence-electron chi connectivity index (χ4n) is 4.08. The molecule has 2 aliphatic rings. The number of hydrogen-bond donors (Lipinski definition) is 0. The van der Waals surface area contributed by atoms with Crippen LogP contribution in [0, 0.1) is 12.8 Å². The van der Waals surface area contributed by atoms with Gasteiger partial charge in [-0.3, -0.25) is 4.79 Å². The standard InChI is InChI=1S/C20H21N3OS/c1-13-19(16-4-2-3-5-17(16)25-13)20-21-8-9-22(20)11-14-10-18(24)23(12-14)15-6-7-15/h2-5,8-9,14-15H,6-7,10-12H2,1H3/t14-/m0/s1. The summed E-state index contributed by atoms with van der Waals surface area (Å²) < 4.78 is 3.55. The number of rotatable bonds is 4. The molecule has 1 saturated carbocycles. The van der Waals surface area contributed by atoms with Crippen molar-refractivity contribution in [1.29, 1.82) is 0 Å². The van der Waals surface area contributed by atoms with Crippen molar-refractivity contribution in [3.05, 3.63) is 41.5 Å². The molecule has 0 unspecified atom stereocenters. The average Bonchev–Trinajstić information content (AvgIpc) is 3.10. The molecule has 4 nitrogen and oxygen atoms in total. The van der Waals surface area contributed by atoms with Crippen molar-refractivity contribution in [3.63, 3.8) is 0 Å². The summed E-state index contributed by atoms with van der Waals surface area (Å²) in [6.07, 6.45) is 7.00. The number of fused-ring (bicyclic) bond motifs is 1. The molecule has 5 heteroatoms. The SMILES string of the molecule is Cc1sc2ccccc2c1-c1nccn1C[C@@H]1CC(=O)N(C2CC2)C1. The summed E-state index contributed by atoms with van der Waals surface area (Å²) in [6.45, 7) is 3.95. The molecule has 1 amide bonds. The third kappa shape index (κ3) is 2.58. The predicted molar refractivity (Wildman–Crippen MR) is 101 cm³/mol. The number of aryl methyl sites for hydroxylation is 1. The van der Waals surface area contributed by atoms with Gasteiger partial charge in [0.15, 0.2) is 0 Å². The molecule has 1 aromatic carbocycles. The largest absolute Gasteiger partial charge is 0.339 e. The van der Waals surface area contributed by atoms with E-state index in [4.69, 9.17) is 0 Å². The second-order valence-electron chi connectivity index (χ2n) is 7.28. The van der Waals surface area contributed by atoms with E-state index in [1.54, 1.807) is 0 Å². The number of nitrogens with zero attached hydrogens (tertiary/aromatic N) is 3. The van der Waals surface area contributed by atoms with Crippen molar-refractivity contribution in [2.45, 2.75) is 38.8 Å². The molecule has 1 aliphatic heterocycles. The molecule has 1 saturated heterocycles. The first-order chi connectivity index (χ1) is 12.2. The second-order valence-corrected chi connectivity index (χ2v) is 8.54. The zero-order valence-electron chi connectivity index (χ0n) is 14.3. The monoisotopic (exact) mass is 351 g/mol. The van der Waals surface area contributed by atoms with E-state index in [0.29, 0.717) is 24.3 Å². The zero-order valence-corrected chi connectivity index (χ0v) is 15.1. The topological polar surface area (TPSA) is 38.1 Å². The van der Waals surface area contributed by atoms with Gasteiger partial charge in [0.25, 0.3) is 0 Å². The molecule has 1 aliphatic carbocycles. The van der Waals surface area contributed by atoms with E-state index in [9.17, 15) is 4.79 Å². The number of benzene rings is 1. The third-order valence-electron chi connectivity index (χ3n) is 5.39. The van der Waals surface area contributed by atoms with E-state index < -0.39 is 0 Å². The molecule has 3 aromatic rings. The molecule has 25 heavy (non-hydrogen) atoms. The van der Waals surface area contributed by atoms with E-state index in [-0.39, 0.29) is 0 Å². The molecule has 0 spiro atoms. The quantitative estimate of drug-likeness (QED) is 0.710. The summed E-state index contributed by atoms with van der Waals surface area (Å²) in [7, 11) is 0. The van der Waals surface area contributed by atoms with E-state index in [1.807, 2.05) is 17.5 Å². The lowest BCUT2D eigenvalue weighted by Gasteiger charge is -2.16. The van der Waals surface area contributed by atoms with Crippen LogP contribution >= 0.6 is 11.3 Å². The maximum Gasteiger partial charge on any atom is 0.223 e. The molecular formula is C20H21N3OS. The van der Waals surface area contributed by atoms with Crippen molar-refractivity contribution in [1.82, 2.24) is 14.5 Å². The molecule has 5 rings (SSSR count). The van der Waals surface area contributed by atoms with Gasteiger partial charge >= 0.3 is 0 Å². The van der Waals surface area contributed by atoms with Gasteiger partial charge in [-0.05, 0) is 25.8 Å². The van der Waals surface area contributed by atoms with Crippen LogP contribution in [0.4, 0.5) is 0 Å². The molecular weight excluding hydrogens is 330 g/mol. The summed E-state index contributed by atoms with van der Waals surface area (Å²) in [5, 5.41) is 1.28. The third-order valence-corrected chi connectivity index (χ3v) is 6.48. The van der Waals surface area contributed by atoms with E-state index >= 15 is 0 Å². The second kappa shape index (κ2) is 5.70. The number of likely N-dealkylation sites (tertiary alicyclic amines) is 1. The van der Waals surface area contributed by atoms with Crippen LogP contribution in [0.3, 0.4) is 0 Å². The highest BCUT2D eigenvalue weighted by molar-refractivity contribution is 7.19. The van der Waals surface area contributed by atoms with Crippen LogP contribution in [0.2, 0.25) is 0 Å². The number of amides is 1. The normalized spacial score (nSPS) is 20.8. The van der Waals surface area contributed by atoms with Gasteiger partial charge in [0, 0.05) is 64.4 Å². The lowest BCUT2D eigenvalue weighted by Crippen LogP contribution is -2.27. The van der Waals surface area contributed by atoms with Crippen LogP contribution < -0.4 is 0 Å². The molecule has 0 N–H and O–H groups in total. The average molecular weight is 351 g/mol.